The summed E-state index contributed by atoms with van der Waals surface area (Å²) in [5.41, 5.74) is 0. The van der Waals surface area contributed by atoms with E-state index in [9.17, 15) is 0 Å². The first-order valence-electron chi connectivity index (χ1n) is 4.44. The van der Waals surface area contributed by atoms with Crippen molar-refractivity contribution < 1.29 is 4.74 Å². The number of halogens is 1. The zero-order chi connectivity index (χ0) is 10.4. The lowest BCUT2D eigenvalue weighted by Crippen LogP contribution is -2.16. The minimum absolute atomic E-state index is 0.403. The van der Waals surface area contributed by atoms with Crippen LogP contribution in [0.2, 0.25) is 5.15 Å². The van der Waals surface area contributed by atoms with E-state index in [2.05, 4.69) is 22.4 Å². The van der Waals surface area contributed by atoms with Gasteiger partial charge in [0.1, 0.15) is 5.82 Å². The summed E-state index contributed by atoms with van der Waals surface area (Å²) in [7, 11) is 1.69. The Bertz CT molecular complexity index is 265. The van der Waals surface area contributed by atoms with Crippen LogP contribution in [-0.2, 0) is 4.74 Å². The molecule has 4 nitrogen and oxygen atoms in total. The Balaban J connectivity index is 2.34. The summed E-state index contributed by atoms with van der Waals surface area (Å²) in [5.74, 6) is 1.18. The molecule has 5 heteroatoms. The first-order valence-corrected chi connectivity index (χ1v) is 4.82. The molecule has 0 bridgehead atoms. The Morgan fingerprint density at radius 3 is 2.86 bits per heavy atom. The third-order valence-corrected chi connectivity index (χ3v) is 1.92. The van der Waals surface area contributed by atoms with E-state index in [-0.39, 0.29) is 0 Å². The van der Waals surface area contributed by atoms with Crippen LogP contribution in [0.5, 0.6) is 0 Å². The fourth-order valence-electron chi connectivity index (χ4n) is 1.03. The molecule has 1 aromatic rings. The van der Waals surface area contributed by atoms with E-state index in [1.165, 1.54) is 0 Å². The summed E-state index contributed by atoms with van der Waals surface area (Å²) in [5, 5.41) is 11.1. The molecule has 0 aromatic carbocycles. The highest BCUT2D eigenvalue weighted by Crippen LogP contribution is 2.06. The SMILES string of the molecule is COCC(C)CNc1ccc(Cl)nn1. The van der Waals surface area contributed by atoms with Gasteiger partial charge in [-0.05, 0) is 18.1 Å². The van der Waals surface area contributed by atoms with E-state index in [0.717, 1.165) is 19.0 Å². The number of ether oxygens (including phenoxy) is 1. The van der Waals surface area contributed by atoms with Crippen LogP contribution in [0.1, 0.15) is 6.92 Å². The number of nitrogens with one attached hydrogen (secondary N) is 1. The van der Waals surface area contributed by atoms with E-state index < -0.39 is 0 Å². The second-order valence-electron chi connectivity index (χ2n) is 3.18. The standard InChI is InChI=1S/C9H14ClN3O/c1-7(6-14-2)5-11-9-4-3-8(10)12-13-9/h3-4,7H,5-6H2,1-2H3,(H,11,13). The highest BCUT2D eigenvalue weighted by Gasteiger charge is 2.01. The predicted molar refractivity (Wildman–Crippen MR) is 56.6 cm³/mol. The number of rotatable bonds is 5. The van der Waals surface area contributed by atoms with Crippen LogP contribution in [-0.4, -0.2) is 30.5 Å². The molecule has 1 aromatic heterocycles. The van der Waals surface area contributed by atoms with E-state index in [1.807, 2.05) is 0 Å². The topological polar surface area (TPSA) is 47.0 Å². The van der Waals surface area contributed by atoms with Gasteiger partial charge in [0.2, 0.25) is 0 Å². The summed E-state index contributed by atoms with van der Waals surface area (Å²) < 4.78 is 5.01. The molecular formula is C9H14ClN3O. The second-order valence-corrected chi connectivity index (χ2v) is 3.57. The van der Waals surface area contributed by atoms with E-state index in [0.29, 0.717) is 11.1 Å². The highest BCUT2D eigenvalue weighted by atomic mass is 35.5. The molecule has 0 fully saturated rings. The molecule has 78 valence electrons. The summed E-state index contributed by atoms with van der Waals surface area (Å²) in [6.45, 7) is 3.64. The largest absolute Gasteiger partial charge is 0.384 e. The third kappa shape index (κ3) is 3.89. The summed E-state index contributed by atoms with van der Waals surface area (Å²) in [6.07, 6.45) is 0. The van der Waals surface area contributed by atoms with Crippen molar-refractivity contribution in [3.63, 3.8) is 0 Å². The molecule has 1 heterocycles. The molecule has 0 aliphatic heterocycles. The number of hydrogen-bond acceptors (Lipinski definition) is 4. The summed E-state index contributed by atoms with van der Waals surface area (Å²) >= 11 is 5.60. The minimum atomic E-state index is 0.403. The zero-order valence-corrected chi connectivity index (χ0v) is 9.08. The van der Waals surface area contributed by atoms with Crippen molar-refractivity contribution in [1.82, 2.24) is 10.2 Å². The molecule has 1 atom stereocenters. The molecule has 0 saturated heterocycles. The van der Waals surface area contributed by atoms with Gasteiger partial charge < -0.3 is 10.1 Å². The van der Waals surface area contributed by atoms with Crippen LogP contribution in [0.3, 0.4) is 0 Å². The fraction of sp³-hybridized carbons (Fsp3) is 0.556. The van der Waals surface area contributed by atoms with Crippen LogP contribution < -0.4 is 5.32 Å². The molecule has 1 rings (SSSR count). The van der Waals surface area contributed by atoms with E-state index >= 15 is 0 Å². The van der Waals surface area contributed by atoms with E-state index in [4.69, 9.17) is 16.3 Å². The van der Waals surface area contributed by atoms with Gasteiger partial charge in [-0.15, -0.1) is 10.2 Å². The Labute approximate surface area is 88.6 Å². The van der Waals surface area contributed by atoms with Crippen molar-refractivity contribution in [3.05, 3.63) is 17.3 Å². The Morgan fingerprint density at radius 2 is 2.29 bits per heavy atom. The van der Waals surface area contributed by atoms with Gasteiger partial charge in [-0.2, -0.15) is 0 Å². The highest BCUT2D eigenvalue weighted by molar-refractivity contribution is 6.29. The second kappa shape index (κ2) is 5.78. The number of methoxy groups -OCH3 is 1. The van der Waals surface area contributed by atoms with Crippen LogP contribution in [0, 0.1) is 5.92 Å². The predicted octanol–water partition coefficient (Wildman–Crippen LogP) is 1.82. The van der Waals surface area contributed by atoms with Crippen molar-refractivity contribution >= 4 is 17.4 Å². The van der Waals surface area contributed by atoms with Crippen molar-refractivity contribution in [1.29, 1.82) is 0 Å². The molecule has 0 amide bonds. The maximum Gasteiger partial charge on any atom is 0.151 e. The normalized spacial score (nSPS) is 12.5. The van der Waals surface area contributed by atoms with Gasteiger partial charge in [0.15, 0.2) is 5.15 Å². The molecular weight excluding hydrogens is 202 g/mol. The lowest BCUT2D eigenvalue weighted by molar-refractivity contribution is 0.164. The van der Waals surface area contributed by atoms with Gasteiger partial charge in [-0.3, -0.25) is 0 Å². The molecule has 1 N–H and O–H groups in total. The fourth-order valence-corrected chi connectivity index (χ4v) is 1.13. The number of nitrogens with zero attached hydrogens (tertiary/aromatic N) is 2. The zero-order valence-electron chi connectivity index (χ0n) is 8.33. The van der Waals surface area contributed by atoms with Gasteiger partial charge in [-0.25, -0.2) is 0 Å². The minimum Gasteiger partial charge on any atom is -0.384 e. The average molecular weight is 216 g/mol. The third-order valence-electron chi connectivity index (χ3n) is 1.71. The van der Waals surface area contributed by atoms with Gasteiger partial charge in [-0.1, -0.05) is 18.5 Å². The summed E-state index contributed by atoms with van der Waals surface area (Å²) in [4.78, 5) is 0. The number of hydrogen-bond donors (Lipinski definition) is 1. The van der Waals surface area contributed by atoms with Gasteiger partial charge in [0.05, 0.1) is 6.61 Å². The van der Waals surface area contributed by atoms with Crippen LogP contribution in [0.25, 0.3) is 0 Å². The maximum atomic E-state index is 5.60. The van der Waals surface area contributed by atoms with Crippen molar-refractivity contribution in [2.45, 2.75) is 6.92 Å². The van der Waals surface area contributed by atoms with E-state index in [1.54, 1.807) is 19.2 Å². The molecule has 0 spiro atoms. The lowest BCUT2D eigenvalue weighted by atomic mass is 10.2. The Morgan fingerprint density at radius 1 is 1.50 bits per heavy atom. The van der Waals surface area contributed by atoms with Crippen molar-refractivity contribution in [2.24, 2.45) is 5.92 Å². The molecule has 0 aliphatic rings. The molecule has 0 aliphatic carbocycles. The van der Waals surface area contributed by atoms with Gasteiger partial charge in [0, 0.05) is 13.7 Å². The first-order chi connectivity index (χ1) is 6.72. The van der Waals surface area contributed by atoms with Crippen LogP contribution in [0.4, 0.5) is 5.82 Å². The lowest BCUT2D eigenvalue weighted by Gasteiger charge is -2.11. The Kier molecular flexibility index (Phi) is 4.62. The van der Waals surface area contributed by atoms with Gasteiger partial charge in [0.25, 0.3) is 0 Å². The first kappa shape index (κ1) is 11.2. The van der Waals surface area contributed by atoms with Crippen molar-refractivity contribution in [3.8, 4) is 0 Å². The monoisotopic (exact) mass is 215 g/mol. The van der Waals surface area contributed by atoms with Crippen molar-refractivity contribution in [2.75, 3.05) is 25.6 Å². The molecule has 0 saturated carbocycles. The molecule has 0 radical (unpaired) electrons. The number of aromatic nitrogens is 2. The number of anilines is 1. The Hall–Kier alpha value is -0.870. The smallest absolute Gasteiger partial charge is 0.151 e. The van der Waals surface area contributed by atoms with Crippen LogP contribution in [0.15, 0.2) is 12.1 Å². The maximum absolute atomic E-state index is 5.60. The van der Waals surface area contributed by atoms with Gasteiger partial charge >= 0.3 is 0 Å². The average Bonchev–Trinajstić information content (AvgIpc) is 2.17. The summed E-state index contributed by atoms with van der Waals surface area (Å²) in [6, 6.07) is 3.51. The molecule has 1 unspecified atom stereocenters. The quantitative estimate of drug-likeness (QED) is 0.814. The molecule has 14 heavy (non-hydrogen) atoms. The van der Waals surface area contributed by atoms with Crippen LogP contribution >= 0.6 is 11.6 Å².